The third kappa shape index (κ3) is 7.74. The van der Waals surface area contributed by atoms with Crippen LogP contribution in [0.4, 0.5) is 0 Å². The molecule has 0 radical (unpaired) electrons. The number of thioether (sulfide) groups is 1. The Morgan fingerprint density at radius 1 is 1.06 bits per heavy atom. The molecule has 1 unspecified atom stereocenters. The molecule has 0 bridgehead atoms. The molecule has 0 spiro atoms. The first-order chi connectivity index (χ1) is 14.9. The van der Waals surface area contributed by atoms with Gasteiger partial charge in [-0.05, 0) is 43.0 Å². The van der Waals surface area contributed by atoms with Crippen molar-refractivity contribution in [3.8, 4) is 0 Å². The van der Waals surface area contributed by atoms with Gasteiger partial charge in [0.25, 0.3) is 0 Å². The van der Waals surface area contributed by atoms with Crippen LogP contribution in [0.25, 0.3) is 0 Å². The Balaban J connectivity index is 2.14. The predicted molar refractivity (Wildman–Crippen MR) is 132 cm³/mol. The first-order valence-electron chi connectivity index (χ1n) is 10.5. The first-order valence-corrected chi connectivity index (χ1v) is 12.4. The number of aryl methyl sites for hydroxylation is 1. The van der Waals surface area contributed by atoms with Crippen molar-refractivity contribution in [1.29, 1.82) is 0 Å². The quantitative estimate of drug-likeness (QED) is 0.437. The Hall–Kier alpha value is -1.69. The third-order valence-corrected chi connectivity index (χ3v) is 6.59. The minimum Gasteiger partial charge on any atom is -0.354 e. The summed E-state index contributed by atoms with van der Waals surface area (Å²) in [5.41, 5.74) is 2.97. The van der Waals surface area contributed by atoms with Crippen LogP contribution in [0.3, 0.4) is 0 Å². The second kappa shape index (κ2) is 13.0. The molecule has 168 valence electrons. The monoisotopic (exact) mass is 480 g/mol. The van der Waals surface area contributed by atoms with Crippen molar-refractivity contribution in [3.63, 3.8) is 0 Å². The summed E-state index contributed by atoms with van der Waals surface area (Å²) < 4.78 is 0. The van der Waals surface area contributed by atoms with E-state index in [1.165, 1.54) is 11.8 Å². The van der Waals surface area contributed by atoms with Gasteiger partial charge in [0.05, 0.1) is 5.75 Å². The zero-order valence-electron chi connectivity index (χ0n) is 18.3. The lowest BCUT2D eigenvalue weighted by atomic mass is 10.1. The fourth-order valence-electron chi connectivity index (χ4n) is 3.17. The molecule has 0 saturated carbocycles. The second-order valence-corrected chi connectivity index (χ2v) is 9.22. The lowest BCUT2D eigenvalue weighted by molar-refractivity contribution is -0.139. The van der Waals surface area contributed by atoms with Crippen molar-refractivity contribution in [2.45, 2.75) is 52.0 Å². The van der Waals surface area contributed by atoms with Crippen LogP contribution in [0.1, 0.15) is 43.4 Å². The standard InChI is InChI=1S/C24H30Cl2N2O2S/c1-4-13-27-24(30)22(5-2)28(14-18-11-9-17(3)10-12-18)23(29)16-31-15-19-20(25)7-6-8-21(19)26/h6-12,22H,4-5,13-16H2,1-3H3,(H,27,30). The normalized spacial score (nSPS) is 11.8. The predicted octanol–water partition coefficient (Wildman–Crippen LogP) is 5.87. The molecule has 2 rings (SSSR count). The molecule has 1 atom stereocenters. The minimum atomic E-state index is -0.509. The molecule has 2 aromatic rings. The molecule has 0 aliphatic heterocycles. The number of hydrogen-bond donors (Lipinski definition) is 1. The van der Waals surface area contributed by atoms with E-state index in [1.54, 1.807) is 23.1 Å². The van der Waals surface area contributed by atoms with Crippen LogP contribution >= 0.6 is 35.0 Å². The maximum Gasteiger partial charge on any atom is 0.242 e. The maximum atomic E-state index is 13.2. The summed E-state index contributed by atoms with van der Waals surface area (Å²) in [6.45, 7) is 6.96. The van der Waals surface area contributed by atoms with Gasteiger partial charge in [0.2, 0.25) is 11.8 Å². The number of amides is 2. The Labute approximate surface area is 199 Å². The van der Waals surface area contributed by atoms with Gasteiger partial charge in [-0.25, -0.2) is 0 Å². The Morgan fingerprint density at radius 3 is 2.29 bits per heavy atom. The fourth-order valence-corrected chi connectivity index (χ4v) is 4.82. The molecule has 4 nitrogen and oxygen atoms in total. The second-order valence-electron chi connectivity index (χ2n) is 7.42. The van der Waals surface area contributed by atoms with Gasteiger partial charge < -0.3 is 10.2 Å². The summed E-state index contributed by atoms with van der Waals surface area (Å²) in [6.07, 6.45) is 1.40. The van der Waals surface area contributed by atoms with Gasteiger partial charge in [-0.2, -0.15) is 0 Å². The number of halogens is 2. The van der Waals surface area contributed by atoms with Crippen LogP contribution in [0, 0.1) is 6.92 Å². The topological polar surface area (TPSA) is 49.4 Å². The summed E-state index contributed by atoms with van der Waals surface area (Å²) in [4.78, 5) is 27.7. The highest BCUT2D eigenvalue weighted by molar-refractivity contribution is 7.99. The molecule has 2 amide bonds. The first kappa shape index (κ1) is 25.6. The number of nitrogens with zero attached hydrogens (tertiary/aromatic N) is 1. The van der Waals surface area contributed by atoms with Crippen LogP contribution in [0.5, 0.6) is 0 Å². The Morgan fingerprint density at radius 2 is 1.71 bits per heavy atom. The number of carbonyl (C=O) groups is 2. The van der Waals surface area contributed by atoms with E-state index in [-0.39, 0.29) is 17.6 Å². The SMILES string of the molecule is CCCNC(=O)C(CC)N(Cc1ccc(C)cc1)C(=O)CSCc1c(Cl)cccc1Cl. The zero-order chi connectivity index (χ0) is 22.8. The molecule has 1 N–H and O–H groups in total. The molecule has 0 aliphatic rings. The number of carbonyl (C=O) groups excluding carboxylic acids is 2. The van der Waals surface area contributed by atoms with E-state index in [0.29, 0.717) is 35.3 Å². The fraction of sp³-hybridized carbons (Fsp3) is 0.417. The molecule has 0 heterocycles. The van der Waals surface area contributed by atoms with Crippen molar-refractivity contribution in [1.82, 2.24) is 10.2 Å². The van der Waals surface area contributed by atoms with Gasteiger partial charge in [-0.1, -0.05) is 72.9 Å². The van der Waals surface area contributed by atoms with Gasteiger partial charge >= 0.3 is 0 Å². The highest BCUT2D eigenvalue weighted by Gasteiger charge is 2.28. The average molecular weight is 481 g/mol. The van der Waals surface area contributed by atoms with E-state index in [1.807, 2.05) is 45.0 Å². The highest BCUT2D eigenvalue weighted by atomic mass is 35.5. The molecule has 7 heteroatoms. The number of rotatable bonds is 11. The molecular formula is C24H30Cl2N2O2S. The summed E-state index contributed by atoms with van der Waals surface area (Å²) in [5, 5.41) is 4.12. The molecule has 0 saturated heterocycles. The molecule has 0 aliphatic carbocycles. The van der Waals surface area contributed by atoms with E-state index in [9.17, 15) is 9.59 Å². The zero-order valence-corrected chi connectivity index (χ0v) is 20.6. The van der Waals surface area contributed by atoms with Crippen molar-refractivity contribution < 1.29 is 9.59 Å². The number of benzene rings is 2. The van der Waals surface area contributed by atoms with Crippen LogP contribution in [0.15, 0.2) is 42.5 Å². The van der Waals surface area contributed by atoms with Crippen LogP contribution in [-0.4, -0.2) is 35.1 Å². The van der Waals surface area contributed by atoms with E-state index < -0.39 is 6.04 Å². The largest absolute Gasteiger partial charge is 0.354 e. The Kier molecular flexibility index (Phi) is 10.7. The van der Waals surface area contributed by atoms with E-state index >= 15 is 0 Å². The summed E-state index contributed by atoms with van der Waals surface area (Å²) in [6, 6.07) is 12.9. The van der Waals surface area contributed by atoms with Crippen LogP contribution in [-0.2, 0) is 21.9 Å². The summed E-state index contributed by atoms with van der Waals surface area (Å²) >= 11 is 13.9. The maximum absolute atomic E-state index is 13.2. The van der Waals surface area contributed by atoms with Crippen LogP contribution < -0.4 is 5.32 Å². The smallest absolute Gasteiger partial charge is 0.242 e. The molecule has 0 fully saturated rings. The van der Waals surface area contributed by atoms with Gasteiger partial charge in [0.1, 0.15) is 6.04 Å². The van der Waals surface area contributed by atoms with Crippen molar-refractivity contribution in [2.75, 3.05) is 12.3 Å². The lowest BCUT2D eigenvalue weighted by Crippen LogP contribution is -2.49. The molecule has 0 aromatic heterocycles. The van der Waals surface area contributed by atoms with Gasteiger partial charge in [-0.3, -0.25) is 9.59 Å². The molecule has 2 aromatic carbocycles. The van der Waals surface area contributed by atoms with Gasteiger partial charge in [-0.15, -0.1) is 11.8 Å². The van der Waals surface area contributed by atoms with Gasteiger partial charge in [0.15, 0.2) is 0 Å². The summed E-state index contributed by atoms with van der Waals surface area (Å²) in [7, 11) is 0. The van der Waals surface area contributed by atoms with Crippen molar-refractivity contribution in [2.24, 2.45) is 0 Å². The van der Waals surface area contributed by atoms with Crippen LogP contribution in [0.2, 0.25) is 10.0 Å². The molecule has 31 heavy (non-hydrogen) atoms. The summed E-state index contributed by atoms with van der Waals surface area (Å²) in [5.74, 6) is 0.586. The Bertz CT molecular complexity index is 854. The van der Waals surface area contributed by atoms with Crippen molar-refractivity contribution >= 4 is 46.8 Å². The number of hydrogen-bond acceptors (Lipinski definition) is 3. The minimum absolute atomic E-state index is 0.0766. The molecular weight excluding hydrogens is 451 g/mol. The number of nitrogens with one attached hydrogen (secondary N) is 1. The highest BCUT2D eigenvalue weighted by Crippen LogP contribution is 2.28. The van der Waals surface area contributed by atoms with E-state index in [2.05, 4.69) is 5.32 Å². The lowest BCUT2D eigenvalue weighted by Gasteiger charge is -2.30. The van der Waals surface area contributed by atoms with E-state index in [0.717, 1.165) is 23.1 Å². The average Bonchev–Trinajstić information content (AvgIpc) is 2.75. The van der Waals surface area contributed by atoms with Gasteiger partial charge in [0, 0.05) is 28.9 Å². The van der Waals surface area contributed by atoms with E-state index in [4.69, 9.17) is 23.2 Å². The third-order valence-electron chi connectivity index (χ3n) is 4.94. The van der Waals surface area contributed by atoms with Crippen molar-refractivity contribution in [3.05, 3.63) is 69.2 Å².